The number of carbonyl (C=O) groups excluding carboxylic acids is 1. The first kappa shape index (κ1) is 13.9. The second-order valence-electron chi connectivity index (χ2n) is 3.77. The van der Waals surface area contributed by atoms with E-state index < -0.39 is 11.6 Å². The lowest BCUT2D eigenvalue weighted by Crippen LogP contribution is -2.12. The van der Waals surface area contributed by atoms with Crippen LogP contribution < -0.4 is 4.74 Å². The SMILES string of the molecule is O=C(COc1cccc(F)c1F)c1ccc(I)cc1. The first-order valence-electron chi connectivity index (χ1n) is 5.43. The van der Waals surface area contributed by atoms with Gasteiger partial charge in [-0.15, -0.1) is 0 Å². The van der Waals surface area contributed by atoms with E-state index in [0.29, 0.717) is 5.56 Å². The molecule has 19 heavy (non-hydrogen) atoms. The molecule has 0 unspecified atom stereocenters. The van der Waals surface area contributed by atoms with Crippen molar-refractivity contribution in [2.45, 2.75) is 0 Å². The molecule has 98 valence electrons. The van der Waals surface area contributed by atoms with Crippen LogP contribution >= 0.6 is 22.6 Å². The van der Waals surface area contributed by atoms with Crippen LogP contribution in [0.5, 0.6) is 5.75 Å². The van der Waals surface area contributed by atoms with E-state index in [1.807, 2.05) is 0 Å². The smallest absolute Gasteiger partial charge is 0.200 e. The normalized spacial score (nSPS) is 10.3. The topological polar surface area (TPSA) is 26.3 Å². The van der Waals surface area contributed by atoms with Crippen molar-refractivity contribution in [3.63, 3.8) is 0 Å². The van der Waals surface area contributed by atoms with Gasteiger partial charge in [0.15, 0.2) is 24.0 Å². The van der Waals surface area contributed by atoms with E-state index in [0.717, 1.165) is 9.64 Å². The molecule has 2 rings (SSSR count). The number of Topliss-reactive ketones (excluding diaryl/α,β-unsaturated/α-hetero) is 1. The van der Waals surface area contributed by atoms with Crippen LogP contribution in [0.1, 0.15) is 10.4 Å². The number of rotatable bonds is 4. The van der Waals surface area contributed by atoms with Crippen LogP contribution in [-0.4, -0.2) is 12.4 Å². The molecule has 2 aromatic carbocycles. The number of hydrogen-bond donors (Lipinski definition) is 0. The predicted octanol–water partition coefficient (Wildman–Crippen LogP) is 3.83. The molecule has 0 N–H and O–H groups in total. The Labute approximate surface area is 122 Å². The summed E-state index contributed by atoms with van der Waals surface area (Å²) in [6.07, 6.45) is 0. The average Bonchev–Trinajstić information content (AvgIpc) is 2.41. The van der Waals surface area contributed by atoms with Gasteiger partial charge in [0.1, 0.15) is 0 Å². The number of benzene rings is 2. The molecule has 0 amide bonds. The molecule has 0 radical (unpaired) electrons. The van der Waals surface area contributed by atoms with Gasteiger partial charge in [-0.3, -0.25) is 4.79 Å². The summed E-state index contributed by atoms with van der Waals surface area (Å²) < 4.78 is 32.2. The number of ether oxygens (including phenoxy) is 1. The Balaban J connectivity index is 2.04. The minimum atomic E-state index is -1.09. The van der Waals surface area contributed by atoms with Gasteiger partial charge in [0, 0.05) is 9.13 Å². The third-order valence-corrected chi connectivity index (χ3v) is 3.16. The number of hydrogen-bond acceptors (Lipinski definition) is 2. The van der Waals surface area contributed by atoms with E-state index in [1.54, 1.807) is 24.3 Å². The number of ketones is 1. The fraction of sp³-hybridized carbons (Fsp3) is 0.0714. The Hall–Kier alpha value is -1.50. The molecule has 0 atom stereocenters. The highest BCUT2D eigenvalue weighted by Crippen LogP contribution is 2.19. The molecule has 0 aromatic heterocycles. The summed E-state index contributed by atoms with van der Waals surface area (Å²) in [5.41, 5.74) is 0.470. The van der Waals surface area contributed by atoms with Crippen molar-refractivity contribution in [1.82, 2.24) is 0 Å². The summed E-state index contributed by atoms with van der Waals surface area (Å²) in [7, 11) is 0. The molecule has 0 aliphatic rings. The highest BCUT2D eigenvalue weighted by molar-refractivity contribution is 14.1. The van der Waals surface area contributed by atoms with Crippen molar-refractivity contribution in [2.75, 3.05) is 6.61 Å². The molecular weight excluding hydrogens is 365 g/mol. The van der Waals surface area contributed by atoms with E-state index in [9.17, 15) is 13.6 Å². The molecule has 2 nitrogen and oxygen atoms in total. The van der Waals surface area contributed by atoms with E-state index in [-0.39, 0.29) is 18.1 Å². The van der Waals surface area contributed by atoms with Gasteiger partial charge in [-0.05, 0) is 46.9 Å². The molecule has 0 aliphatic heterocycles. The molecule has 0 fully saturated rings. The van der Waals surface area contributed by atoms with Gasteiger partial charge < -0.3 is 4.74 Å². The van der Waals surface area contributed by atoms with Crippen LogP contribution in [0.25, 0.3) is 0 Å². The fourth-order valence-corrected chi connectivity index (χ4v) is 1.82. The third-order valence-electron chi connectivity index (χ3n) is 2.44. The highest BCUT2D eigenvalue weighted by atomic mass is 127. The first-order valence-corrected chi connectivity index (χ1v) is 6.51. The fourth-order valence-electron chi connectivity index (χ4n) is 1.46. The van der Waals surface area contributed by atoms with Crippen molar-refractivity contribution in [2.24, 2.45) is 0 Å². The summed E-state index contributed by atoms with van der Waals surface area (Å²) in [5.74, 6) is -2.64. The predicted molar refractivity (Wildman–Crippen MR) is 75.3 cm³/mol. The highest BCUT2D eigenvalue weighted by Gasteiger charge is 2.11. The maximum absolute atomic E-state index is 13.3. The minimum Gasteiger partial charge on any atom is -0.482 e. The largest absolute Gasteiger partial charge is 0.482 e. The second kappa shape index (κ2) is 6.10. The molecule has 0 saturated heterocycles. The molecule has 2 aromatic rings. The van der Waals surface area contributed by atoms with Crippen LogP contribution in [0.2, 0.25) is 0 Å². The number of carbonyl (C=O) groups is 1. The van der Waals surface area contributed by atoms with Crippen LogP contribution in [0.4, 0.5) is 8.78 Å². The van der Waals surface area contributed by atoms with Crippen LogP contribution in [0.3, 0.4) is 0 Å². The summed E-state index contributed by atoms with van der Waals surface area (Å²) in [4.78, 5) is 11.8. The van der Waals surface area contributed by atoms with Gasteiger partial charge in [0.2, 0.25) is 5.82 Å². The zero-order valence-corrected chi connectivity index (χ0v) is 11.9. The lowest BCUT2D eigenvalue weighted by molar-refractivity contribution is 0.0918. The molecule has 0 aliphatic carbocycles. The van der Waals surface area contributed by atoms with E-state index in [2.05, 4.69) is 22.6 Å². The Kier molecular flexibility index (Phi) is 4.47. The third kappa shape index (κ3) is 3.50. The average molecular weight is 374 g/mol. The minimum absolute atomic E-state index is 0.265. The molecule has 0 saturated carbocycles. The monoisotopic (exact) mass is 374 g/mol. The van der Waals surface area contributed by atoms with Crippen molar-refractivity contribution >= 4 is 28.4 Å². The van der Waals surface area contributed by atoms with Gasteiger partial charge in [0.25, 0.3) is 0 Å². The zero-order chi connectivity index (χ0) is 13.8. The van der Waals surface area contributed by atoms with Crippen molar-refractivity contribution in [3.05, 3.63) is 63.2 Å². The Morgan fingerprint density at radius 3 is 2.47 bits per heavy atom. The molecule has 0 bridgehead atoms. The molecular formula is C14H9F2IO2. The summed E-state index contributed by atoms with van der Waals surface area (Å²) in [6, 6.07) is 10.5. The van der Waals surface area contributed by atoms with Crippen LogP contribution in [0.15, 0.2) is 42.5 Å². The lowest BCUT2D eigenvalue weighted by Gasteiger charge is -2.07. The molecule has 0 heterocycles. The van der Waals surface area contributed by atoms with Crippen LogP contribution in [0, 0.1) is 15.2 Å². The van der Waals surface area contributed by atoms with Gasteiger partial charge in [-0.2, -0.15) is 4.39 Å². The van der Waals surface area contributed by atoms with Gasteiger partial charge in [-0.25, -0.2) is 4.39 Å². The van der Waals surface area contributed by atoms with Crippen molar-refractivity contribution in [1.29, 1.82) is 0 Å². The van der Waals surface area contributed by atoms with Crippen molar-refractivity contribution in [3.8, 4) is 5.75 Å². The lowest BCUT2D eigenvalue weighted by atomic mass is 10.1. The number of halogens is 3. The van der Waals surface area contributed by atoms with Gasteiger partial charge in [-0.1, -0.05) is 18.2 Å². The maximum Gasteiger partial charge on any atom is 0.200 e. The summed E-state index contributed by atoms with van der Waals surface area (Å²) in [6.45, 7) is -0.332. The summed E-state index contributed by atoms with van der Waals surface area (Å²) in [5, 5.41) is 0. The Bertz CT molecular complexity index is 597. The van der Waals surface area contributed by atoms with Crippen LogP contribution in [-0.2, 0) is 0 Å². The second-order valence-corrected chi connectivity index (χ2v) is 5.02. The quantitative estimate of drug-likeness (QED) is 0.601. The van der Waals surface area contributed by atoms with E-state index in [4.69, 9.17) is 4.74 Å². The van der Waals surface area contributed by atoms with Gasteiger partial charge in [0.05, 0.1) is 0 Å². The standard InChI is InChI=1S/C14H9F2IO2/c15-11-2-1-3-13(14(11)16)19-8-12(18)9-4-6-10(17)7-5-9/h1-7H,8H2. The van der Waals surface area contributed by atoms with E-state index in [1.165, 1.54) is 12.1 Å². The molecule has 0 spiro atoms. The zero-order valence-electron chi connectivity index (χ0n) is 9.70. The Morgan fingerprint density at radius 1 is 1.11 bits per heavy atom. The summed E-state index contributed by atoms with van der Waals surface area (Å²) >= 11 is 2.12. The van der Waals surface area contributed by atoms with Gasteiger partial charge >= 0.3 is 0 Å². The van der Waals surface area contributed by atoms with E-state index >= 15 is 0 Å². The Morgan fingerprint density at radius 2 is 1.79 bits per heavy atom. The van der Waals surface area contributed by atoms with Crippen molar-refractivity contribution < 1.29 is 18.3 Å². The maximum atomic E-state index is 13.3. The molecule has 5 heteroatoms. The first-order chi connectivity index (χ1) is 9.08.